The number of carbonyl (C=O) groups is 1. The Morgan fingerprint density at radius 3 is 2.40 bits per heavy atom. The molecule has 2 aromatic rings. The van der Waals surface area contributed by atoms with E-state index < -0.39 is 5.97 Å². The first kappa shape index (κ1) is 21.9. The zero-order chi connectivity index (χ0) is 21.7. The van der Waals surface area contributed by atoms with Crippen molar-refractivity contribution in [3.8, 4) is 11.5 Å². The van der Waals surface area contributed by atoms with Crippen LogP contribution in [0.15, 0.2) is 59.7 Å². The van der Waals surface area contributed by atoms with Gasteiger partial charge < -0.3 is 19.3 Å². The van der Waals surface area contributed by atoms with Gasteiger partial charge >= 0.3 is 5.97 Å². The lowest BCUT2D eigenvalue weighted by Crippen LogP contribution is -2.19. The number of carboxylic acid groups (broad SMARTS) is 1. The largest absolute Gasteiger partial charge is 0.493 e. The SMILES string of the molecule is COc1ccc(C[C@H]2CO[C@H](c3ccccc3)[C@@H]2CC(C)=C(C)C(=O)O)cc1OC. The Morgan fingerprint density at radius 2 is 1.77 bits per heavy atom. The number of aliphatic carboxylic acids is 1. The predicted octanol–water partition coefficient (Wildman–Crippen LogP) is 5.06. The van der Waals surface area contributed by atoms with Crippen LogP contribution in [0.25, 0.3) is 0 Å². The molecule has 2 aromatic carbocycles. The minimum Gasteiger partial charge on any atom is -0.493 e. The van der Waals surface area contributed by atoms with Crippen molar-refractivity contribution in [2.45, 2.75) is 32.8 Å². The van der Waals surface area contributed by atoms with Gasteiger partial charge in [-0.3, -0.25) is 0 Å². The van der Waals surface area contributed by atoms with Gasteiger partial charge in [-0.25, -0.2) is 4.79 Å². The van der Waals surface area contributed by atoms with E-state index in [4.69, 9.17) is 14.2 Å². The van der Waals surface area contributed by atoms with Crippen molar-refractivity contribution in [3.63, 3.8) is 0 Å². The minimum atomic E-state index is -0.862. The maximum Gasteiger partial charge on any atom is 0.331 e. The van der Waals surface area contributed by atoms with E-state index in [2.05, 4.69) is 18.2 Å². The average molecular weight is 411 g/mol. The zero-order valence-corrected chi connectivity index (χ0v) is 18.1. The van der Waals surface area contributed by atoms with Crippen molar-refractivity contribution < 1.29 is 24.1 Å². The van der Waals surface area contributed by atoms with Crippen LogP contribution in [0.2, 0.25) is 0 Å². The van der Waals surface area contributed by atoms with E-state index in [9.17, 15) is 9.90 Å². The number of hydrogen-bond donors (Lipinski definition) is 1. The molecule has 1 aliphatic heterocycles. The third-order valence-corrected chi connectivity index (χ3v) is 6.06. The Labute approximate surface area is 178 Å². The van der Waals surface area contributed by atoms with E-state index in [1.54, 1.807) is 21.1 Å². The topological polar surface area (TPSA) is 65.0 Å². The molecule has 0 aromatic heterocycles. The lowest BCUT2D eigenvalue weighted by molar-refractivity contribution is -0.132. The standard InChI is InChI=1S/C25H30O5/c1-16(17(2)25(26)27)12-21-20(15-30-24(21)19-8-6-5-7-9-19)13-18-10-11-22(28-3)23(14-18)29-4/h5-11,14,20-21,24H,12-13,15H2,1-4H3,(H,26,27)/t20-,21+,24+/m0/s1. The molecule has 1 aliphatic rings. The number of ether oxygens (including phenoxy) is 3. The summed E-state index contributed by atoms with van der Waals surface area (Å²) >= 11 is 0. The second kappa shape index (κ2) is 9.81. The molecular weight excluding hydrogens is 380 g/mol. The fourth-order valence-corrected chi connectivity index (χ4v) is 4.19. The van der Waals surface area contributed by atoms with E-state index in [1.165, 1.54) is 0 Å². The highest BCUT2D eigenvalue weighted by Crippen LogP contribution is 2.44. The lowest BCUT2D eigenvalue weighted by Gasteiger charge is -2.24. The molecule has 160 valence electrons. The molecule has 0 saturated carbocycles. The second-order valence-electron chi connectivity index (χ2n) is 7.90. The van der Waals surface area contributed by atoms with E-state index in [0.717, 1.165) is 23.1 Å². The minimum absolute atomic E-state index is 0.0483. The van der Waals surface area contributed by atoms with Crippen LogP contribution < -0.4 is 9.47 Å². The first-order valence-corrected chi connectivity index (χ1v) is 10.2. The molecule has 0 bridgehead atoms. The fourth-order valence-electron chi connectivity index (χ4n) is 4.19. The van der Waals surface area contributed by atoms with E-state index >= 15 is 0 Å². The summed E-state index contributed by atoms with van der Waals surface area (Å²) in [6.45, 7) is 4.23. The number of allylic oxidation sites excluding steroid dienone is 1. The molecule has 1 heterocycles. The molecule has 0 spiro atoms. The summed E-state index contributed by atoms with van der Waals surface area (Å²) in [5.41, 5.74) is 3.60. The van der Waals surface area contributed by atoms with Crippen molar-refractivity contribution in [2.24, 2.45) is 11.8 Å². The van der Waals surface area contributed by atoms with Gasteiger partial charge in [0.1, 0.15) is 0 Å². The third-order valence-electron chi connectivity index (χ3n) is 6.06. The molecule has 0 unspecified atom stereocenters. The molecule has 3 atom stereocenters. The third kappa shape index (κ3) is 4.85. The van der Waals surface area contributed by atoms with E-state index in [1.807, 2.05) is 37.3 Å². The van der Waals surface area contributed by atoms with Gasteiger partial charge in [-0.05, 0) is 61.8 Å². The van der Waals surface area contributed by atoms with Crippen LogP contribution in [0.1, 0.15) is 37.5 Å². The van der Waals surface area contributed by atoms with Gasteiger partial charge in [-0.15, -0.1) is 0 Å². The van der Waals surface area contributed by atoms with Crippen LogP contribution in [0, 0.1) is 11.8 Å². The van der Waals surface area contributed by atoms with E-state index in [0.29, 0.717) is 30.1 Å². The number of carboxylic acids is 1. The highest BCUT2D eigenvalue weighted by atomic mass is 16.5. The predicted molar refractivity (Wildman–Crippen MR) is 116 cm³/mol. The van der Waals surface area contributed by atoms with Crippen LogP contribution in [-0.2, 0) is 16.0 Å². The second-order valence-corrected chi connectivity index (χ2v) is 7.90. The van der Waals surface area contributed by atoms with Crippen LogP contribution in [-0.4, -0.2) is 31.9 Å². The monoisotopic (exact) mass is 410 g/mol. The summed E-state index contributed by atoms with van der Waals surface area (Å²) in [6, 6.07) is 16.2. The molecule has 5 heteroatoms. The molecule has 30 heavy (non-hydrogen) atoms. The van der Waals surface area contributed by atoms with Crippen molar-refractivity contribution in [1.29, 1.82) is 0 Å². The first-order chi connectivity index (χ1) is 14.4. The maximum atomic E-state index is 11.5. The molecule has 3 rings (SSSR count). The van der Waals surface area contributed by atoms with Gasteiger partial charge in [0, 0.05) is 5.57 Å². The molecule has 1 saturated heterocycles. The van der Waals surface area contributed by atoms with Gasteiger partial charge in [0.15, 0.2) is 11.5 Å². The Bertz CT molecular complexity index is 903. The van der Waals surface area contributed by atoms with Gasteiger partial charge in [0.25, 0.3) is 0 Å². The highest BCUT2D eigenvalue weighted by molar-refractivity contribution is 5.86. The number of benzene rings is 2. The van der Waals surface area contributed by atoms with Crippen LogP contribution in [0.4, 0.5) is 0 Å². The quantitative estimate of drug-likeness (QED) is 0.616. The molecule has 0 radical (unpaired) electrons. The van der Waals surface area contributed by atoms with Gasteiger partial charge in [-0.1, -0.05) is 42.0 Å². The van der Waals surface area contributed by atoms with Crippen molar-refractivity contribution in [1.82, 2.24) is 0 Å². The summed E-state index contributed by atoms with van der Waals surface area (Å²) < 4.78 is 17.1. The Balaban J connectivity index is 1.88. The van der Waals surface area contributed by atoms with Crippen molar-refractivity contribution >= 4 is 5.97 Å². The molecule has 1 N–H and O–H groups in total. The molecule has 5 nitrogen and oxygen atoms in total. The number of methoxy groups -OCH3 is 2. The van der Waals surface area contributed by atoms with E-state index in [-0.39, 0.29) is 17.9 Å². The summed E-state index contributed by atoms with van der Waals surface area (Å²) in [5.74, 6) is 1.01. The van der Waals surface area contributed by atoms with Gasteiger partial charge in [0.2, 0.25) is 0 Å². The maximum absolute atomic E-state index is 11.5. The number of hydrogen-bond acceptors (Lipinski definition) is 4. The fraction of sp³-hybridized carbons (Fsp3) is 0.400. The molecular formula is C25H30O5. The number of rotatable bonds is 8. The highest BCUT2D eigenvalue weighted by Gasteiger charge is 2.38. The summed E-state index contributed by atoms with van der Waals surface area (Å²) in [6.07, 6.45) is 1.47. The Hall–Kier alpha value is -2.79. The van der Waals surface area contributed by atoms with Crippen molar-refractivity contribution in [2.75, 3.05) is 20.8 Å². The van der Waals surface area contributed by atoms with Crippen molar-refractivity contribution in [3.05, 3.63) is 70.8 Å². The lowest BCUT2D eigenvalue weighted by atomic mass is 9.79. The van der Waals surface area contributed by atoms with Crippen LogP contribution in [0.3, 0.4) is 0 Å². The molecule has 0 aliphatic carbocycles. The summed E-state index contributed by atoms with van der Waals surface area (Å²) in [4.78, 5) is 11.5. The smallest absolute Gasteiger partial charge is 0.331 e. The average Bonchev–Trinajstić information content (AvgIpc) is 3.15. The Kier molecular flexibility index (Phi) is 7.16. The van der Waals surface area contributed by atoms with Crippen LogP contribution >= 0.6 is 0 Å². The zero-order valence-electron chi connectivity index (χ0n) is 18.1. The molecule has 1 fully saturated rings. The Morgan fingerprint density at radius 1 is 1.07 bits per heavy atom. The summed E-state index contributed by atoms with van der Waals surface area (Å²) in [5, 5.41) is 9.40. The van der Waals surface area contributed by atoms with Crippen LogP contribution in [0.5, 0.6) is 11.5 Å². The van der Waals surface area contributed by atoms with Gasteiger partial charge in [0.05, 0.1) is 26.9 Å². The molecule has 0 amide bonds. The van der Waals surface area contributed by atoms with Gasteiger partial charge in [-0.2, -0.15) is 0 Å². The normalized spacial score (nSPS) is 21.8. The summed E-state index contributed by atoms with van der Waals surface area (Å²) in [7, 11) is 3.26. The first-order valence-electron chi connectivity index (χ1n) is 10.2.